The number of hydrogen-bond donors (Lipinski definition) is 0. The molecule has 0 amide bonds. The van der Waals surface area contributed by atoms with Crippen LogP contribution in [0.4, 0.5) is 0 Å². The fourth-order valence-electron chi connectivity index (χ4n) is 0.977. The van der Waals surface area contributed by atoms with Crippen LogP contribution in [0.25, 0.3) is 0 Å². The number of unbranched alkanes of at least 4 members (excludes halogenated alkanes) is 2. The molecular formula is C10H14N2OS. The minimum atomic E-state index is 0.530. The van der Waals surface area contributed by atoms with E-state index in [0.717, 1.165) is 17.2 Å². The van der Waals surface area contributed by atoms with E-state index in [1.54, 1.807) is 24.2 Å². The lowest BCUT2D eigenvalue weighted by Gasteiger charge is -1.98. The second-order valence-corrected chi connectivity index (χ2v) is 4.03. The number of thioether (sulfide) groups is 1. The molecule has 1 aromatic heterocycles. The molecular weight excluding hydrogens is 196 g/mol. The molecule has 0 aliphatic carbocycles. The molecule has 0 aliphatic heterocycles. The first-order valence-electron chi connectivity index (χ1n) is 4.77. The van der Waals surface area contributed by atoms with Crippen molar-refractivity contribution in [2.45, 2.75) is 31.3 Å². The summed E-state index contributed by atoms with van der Waals surface area (Å²) in [5.74, 6) is 1.05. The maximum atomic E-state index is 10.3. The van der Waals surface area contributed by atoms with Crippen molar-refractivity contribution < 1.29 is 4.79 Å². The van der Waals surface area contributed by atoms with Gasteiger partial charge in [-0.25, -0.2) is 9.97 Å². The number of rotatable bonds is 6. The molecule has 0 bridgehead atoms. The highest BCUT2D eigenvalue weighted by molar-refractivity contribution is 7.99. The number of hydrogen-bond acceptors (Lipinski definition) is 4. The van der Waals surface area contributed by atoms with Crippen molar-refractivity contribution in [3.8, 4) is 0 Å². The molecule has 14 heavy (non-hydrogen) atoms. The fourth-order valence-corrected chi connectivity index (χ4v) is 1.76. The standard InChI is InChI=1S/C10H14N2OS/c1-2-3-4-5-14-10-11-6-9(8-13)7-12-10/h6-8H,2-5H2,1H3. The molecule has 0 atom stereocenters. The van der Waals surface area contributed by atoms with E-state index in [2.05, 4.69) is 16.9 Å². The van der Waals surface area contributed by atoms with Gasteiger partial charge in [0.2, 0.25) is 0 Å². The summed E-state index contributed by atoms with van der Waals surface area (Å²) >= 11 is 1.64. The van der Waals surface area contributed by atoms with E-state index >= 15 is 0 Å². The third-order valence-electron chi connectivity index (χ3n) is 1.76. The van der Waals surface area contributed by atoms with Crippen LogP contribution in [0.2, 0.25) is 0 Å². The number of carbonyl (C=O) groups is 1. The van der Waals surface area contributed by atoms with Crippen molar-refractivity contribution in [1.29, 1.82) is 0 Å². The third-order valence-corrected chi connectivity index (χ3v) is 2.73. The third kappa shape index (κ3) is 3.87. The molecule has 0 unspecified atom stereocenters. The normalized spacial score (nSPS) is 10.1. The lowest BCUT2D eigenvalue weighted by molar-refractivity contribution is 0.112. The first-order valence-corrected chi connectivity index (χ1v) is 5.75. The average molecular weight is 210 g/mol. The summed E-state index contributed by atoms with van der Waals surface area (Å²) < 4.78 is 0. The summed E-state index contributed by atoms with van der Waals surface area (Å²) in [5.41, 5.74) is 0.530. The van der Waals surface area contributed by atoms with Crippen molar-refractivity contribution in [2.75, 3.05) is 5.75 Å². The van der Waals surface area contributed by atoms with Gasteiger partial charge in [-0.1, -0.05) is 31.5 Å². The Morgan fingerprint density at radius 3 is 2.64 bits per heavy atom. The van der Waals surface area contributed by atoms with Crippen molar-refractivity contribution in [3.63, 3.8) is 0 Å². The maximum Gasteiger partial charge on any atom is 0.187 e. The minimum absolute atomic E-state index is 0.530. The van der Waals surface area contributed by atoms with Gasteiger partial charge in [0, 0.05) is 18.1 Å². The topological polar surface area (TPSA) is 42.9 Å². The monoisotopic (exact) mass is 210 g/mol. The molecule has 76 valence electrons. The Labute approximate surface area is 88.3 Å². The van der Waals surface area contributed by atoms with Crippen molar-refractivity contribution in [3.05, 3.63) is 18.0 Å². The number of aromatic nitrogens is 2. The molecule has 1 aromatic rings. The molecule has 1 rings (SSSR count). The highest BCUT2D eigenvalue weighted by atomic mass is 32.2. The Hall–Kier alpha value is -0.900. The van der Waals surface area contributed by atoms with Crippen LogP contribution in [-0.2, 0) is 0 Å². The Morgan fingerprint density at radius 2 is 2.07 bits per heavy atom. The summed E-state index contributed by atoms with van der Waals surface area (Å²) in [4.78, 5) is 18.5. The zero-order valence-electron chi connectivity index (χ0n) is 8.27. The largest absolute Gasteiger partial charge is 0.298 e. The molecule has 3 nitrogen and oxygen atoms in total. The fraction of sp³-hybridized carbons (Fsp3) is 0.500. The van der Waals surface area contributed by atoms with Crippen LogP contribution in [0.1, 0.15) is 36.5 Å². The van der Waals surface area contributed by atoms with Gasteiger partial charge in [0.1, 0.15) is 0 Å². The SMILES string of the molecule is CCCCCSc1ncc(C=O)cn1. The van der Waals surface area contributed by atoms with Gasteiger partial charge < -0.3 is 0 Å². The molecule has 0 radical (unpaired) electrons. The molecule has 0 saturated heterocycles. The summed E-state index contributed by atoms with van der Waals surface area (Å²) in [6.07, 6.45) is 7.54. The number of carbonyl (C=O) groups excluding carboxylic acids is 1. The zero-order valence-corrected chi connectivity index (χ0v) is 9.09. The lowest BCUT2D eigenvalue weighted by Crippen LogP contribution is -1.90. The van der Waals surface area contributed by atoms with E-state index in [1.807, 2.05) is 0 Å². The van der Waals surface area contributed by atoms with Crippen LogP contribution in [0, 0.1) is 0 Å². The van der Waals surface area contributed by atoms with E-state index in [0.29, 0.717) is 5.56 Å². The van der Waals surface area contributed by atoms with Crippen LogP contribution in [0.3, 0.4) is 0 Å². The quantitative estimate of drug-likeness (QED) is 0.313. The van der Waals surface area contributed by atoms with Crippen LogP contribution < -0.4 is 0 Å². The van der Waals surface area contributed by atoms with Crippen LogP contribution >= 0.6 is 11.8 Å². The van der Waals surface area contributed by atoms with Crippen LogP contribution in [0.15, 0.2) is 17.6 Å². The summed E-state index contributed by atoms with van der Waals surface area (Å²) in [7, 11) is 0. The molecule has 0 spiro atoms. The highest BCUT2D eigenvalue weighted by Crippen LogP contribution is 2.14. The Bertz CT molecular complexity index is 274. The van der Waals surface area contributed by atoms with Gasteiger partial charge in [0.25, 0.3) is 0 Å². The van der Waals surface area contributed by atoms with Gasteiger partial charge in [-0.05, 0) is 6.42 Å². The molecule has 0 saturated carbocycles. The molecule has 0 fully saturated rings. The van der Waals surface area contributed by atoms with Crippen molar-refractivity contribution >= 4 is 18.0 Å². The predicted molar refractivity (Wildman–Crippen MR) is 57.7 cm³/mol. The smallest absolute Gasteiger partial charge is 0.187 e. The number of aldehydes is 1. The average Bonchev–Trinajstić information content (AvgIpc) is 2.25. The molecule has 0 aliphatic rings. The summed E-state index contributed by atoms with van der Waals surface area (Å²) in [6, 6.07) is 0. The van der Waals surface area contributed by atoms with Gasteiger partial charge in [-0.2, -0.15) is 0 Å². The van der Waals surface area contributed by atoms with E-state index in [4.69, 9.17) is 0 Å². The number of nitrogens with zero attached hydrogens (tertiary/aromatic N) is 2. The first-order chi connectivity index (χ1) is 6.86. The van der Waals surface area contributed by atoms with Gasteiger partial charge >= 0.3 is 0 Å². The minimum Gasteiger partial charge on any atom is -0.298 e. The van der Waals surface area contributed by atoms with E-state index in [-0.39, 0.29) is 0 Å². The van der Waals surface area contributed by atoms with Gasteiger partial charge in [-0.15, -0.1) is 0 Å². The Balaban J connectivity index is 2.32. The zero-order chi connectivity index (χ0) is 10.2. The molecule has 0 aromatic carbocycles. The predicted octanol–water partition coefficient (Wildman–Crippen LogP) is 2.57. The molecule has 1 heterocycles. The van der Waals surface area contributed by atoms with Gasteiger partial charge in [-0.3, -0.25) is 4.79 Å². The van der Waals surface area contributed by atoms with Crippen LogP contribution in [-0.4, -0.2) is 22.0 Å². The van der Waals surface area contributed by atoms with Gasteiger partial charge in [0.05, 0.1) is 5.56 Å². The molecule has 0 N–H and O–H groups in total. The Morgan fingerprint density at radius 1 is 1.36 bits per heavy atom. The van der Waals surface area contributed by atoms with E-state index < -0.39 is 0 Å². The molecule has 4 heteroatoms. The maximum absolute atomic E-state index is 10.3. The lowest BCUT2D eigenvalue weighted by atomic mass is 10.3. The van der Waals surface area contributed by atoms with Crippen molar-refractivity contribution in [1.82, 2.24) is 9.97 Å². The van der Waals surface area contributed by atoms with Crippen LogP contribution in [0.5, 0.6) is 0 Å². The summed E-state index contributed by atoms with van der Waals surface area (Å²) in [5, 5.41) is 0.756. The highest BCUT2D eigenvalue weighted by Gasteiger charge is 1.97. The van der Waals surface area contributed by atoms with E-state index in [9.17, 15) is 4.79 Å². The Kier molecular flexibility index (Phi) is 5.22. The van der Waals surface area contributed by atoms with Gasteiger partial charge in [0.15, 0.2) is 11.4 Å². The van der Waals surface area contributed by atoms with Crippen molar-refractivity contribution in [2.24, 2.45) is 0 Å². The summed E-state index contributed by atoms with van der Waals surface area (Å²) in [6.45, 7) is 2.18. The second kappa shape index (κ2) is 6.54. The first kappa shape index (κ1) is 11.2. The van der Waals surface area contributed by atoms with E-state index in [1.165, 1.54) is 19.3 Å². The second-order valence-electron chi connectivity index (χ2n) is 2.97.